The van der Waals surface area contributed by atoms with Gasteiger partial charge in [0.25, 0.3) is 5.91 Å². The molecule has 4 rings (SSSR count). The van der Waals surface area contributed by atoms with E-state index in [4.69, 9.17) is 0 Å². The van der Waals surface area contributed by atoms with Crippen LogP contribution in [0.4, 0.5) is 0 Å². The van der Waals surface area contributed by atoms with E-state index in [0.29, 0.717) is 31.1 Å². The molecular weight excluding hydrogens is 434 g/mol. The molecule has 0 saturated carbocycles. The maximum Gasteiger partial charge on any atom is 0.264 e. The van der Waals surface area contributed by atoms with Crippen LogP contribution < -0.4 is 4.72 Å². The Hall–Kier alpha value is -2.75. The molecule has 1 aromatic heterocycles. The maximum absolute atomic E-state index is 12.6. The second-order valence-corrected chi connectivity index (χ2v) is 10.0. The summed E-state index contributed by atoms with van der Waals surface area (Å²) >= 11 is 1.41. The minimum Gasteiger partial charge on any atom is -0.339 e. The van der Waals surface area contributed by atoms with Gasteiger partial charge in [0.2, 0.25) is 15.9 Å². The van der Waals surface area contributed by atoms with Crippen LogP contribution in [-0.2, 0) is 14.8 Å². The van der Waals surface area contributed by atoms with Gasteiger partial charge in [-0.05, 0) is 34.4 Å². The van der Waals surface area contributed by atoms with Crippen LogP contribution in [0.5, 0.6) is 0 Å². The Morgan fingerprint density at radius 3 is 2.32 bits per heavy atom. The molecule has 0 bridgehead atoms. The molecule has 1 saturated heterocycles. The largest absolute Gasteiger partial charge is 0.339 e. The van der Waals surface area contributed by atoms with Crippen molar-refractivity contribution >= 4 is 43.9 Å². The first-order valence-electron chi connectivity index (χ1n) is 10.0. The number of thiophene rings is 1. The first-order chi connectivity index (χ1) is 14.9. The van der Waals surface area contributed by atoms with Crippen molar-refractivity contribution in [2.45, 2.75) is 11.3 Å². The Morgan fingerprint density at radius 1 is 0.903 bits per heavy atom. The second-order valence-electron chi connectivity index (χ2n) is 7.31. The van der Waals surface area contributed by atoms with Crippen molar-refractivity contribution in [2.75, 3.05) is 32.7 Å². The van der Waals surface area contributed by atoms with Gasteiger partial charge >= 0.3 is 0 Å². The van der Waals surface area contributed by atoms with Crippen LogP contribution >= 0.6 is 11.3 Å². The smallest absolute Gasteiger partial charge is 0.264 e. The number of carbonyl (C=O) groups excluding carboxylic acids is 2. The van der Waals surface area contributed by atoms with E-state index in [1.54, 1.807) is 34.1 Å². The fourth-order valence-corrected chi connectivity index (χ4v) is 5.34. The quantitative estimate of drug-likeness (QED) is 0.616. The van der Waals surface area contributed by atoms with Crippen LogP contribution in [0, 0.1) is 0 Å². The number of rotatable bonds is 6. The summed E-state index contributed by atoms with van der Waals surface area (Å²) in [5.41, 5.74) is 0. The number of amides is 2. The molecule has 0 radical (unpaired) electrons. The third kappa shape index (κ3) is 4.95. The number of benzene rings is 2. The molecule has 1 aliphatic heterocycles. The summed E-state index contributed by atoms with van der Waals surface area (Å²) in [6.07, 6.45) is 0.0751. The topological polar surface area (TPSA) is 86.8 Å². The lowest BCUT2D eigenvalue weighted by molar-refractivity contribution is -0.132. The van der Waals surface area contributed by atoms with Crippen molar-refractivity contribution in [1.29, 1.82) is 0 Å². The lowest BCUT2D eigenvalue weighted by Gasteiger charge is -2.34. The Morgan fingerprint density at radius 2 is 1.61 bits per heavy atom. The Balaban J connectivity index is 1.27. The number of fused-ring (bicyclic) bond motifs is 1. The minimum absolute atomic E-state index is 0.00903. The van der Waals surface area contributed by atoms with Crippen LogP contribution in [0.1, 0.15) is 16.1 Å². The number of sulfonamides is 1. The van der Waals surface area contributed by atoms with E-state index in [0.717, 1.165) is 10.8 Å². The van der Waals surface area contributed by atoms with Gasteiger partial charge in [0.05, 0.1) is 9.77 Å². The lowest BCUT2D eigenvalue weighted by Crippen LogP contribution is -2.50. The van der Waals surface area contributed by atoms with Gasteiger partial charge in [-0.25, -0.2) is 13.1 Å². The van der Waals surface area contributed by atoms with Gasteiger partial charge in [-0.2, -0.15) is 0 Å². The first-order valence-corrected chi connectivity index (χ1v) is 12.4. The normalized spacial score (nSPS) is 14.7. The summed E-state index contributed by atoms with van der Waals surface area (Å²) in [6, 6.07) is 16.2. The van der Waals surface area contributed by atoms with E-state index in [1.165, 1.54) is 11.3 Å². The summed E-state index contributed by atoms with van der Waals surface area (Å²) < 4.78 is 27.7. The standard InChI is InChI=1S/C22H23N3O4S2/c26-21(24-11-13-25(14-12-24)22(27)20-6-3-15-30-20)9-10-23-31(28,29)19-8-7-17-4-1-2-5-18(17)16-19/h1-8,15-16,23H,9-14H2. The van der Waals surface area contributed by atoms with Crippen molar-refractivity contribution in [1.82, 2.24) is 14.5 Å². The lowest BCUT2D eigenvalue weighted by atomic mass is 10.1. The fraction of sp³-hybridized carbons (Fsp3) is 0.273. The molecule has 0 spiro atoms. The summed E-state index contributed by atoms with van der Waals surface area (Å²) in [5, 5.41) is 3.68. The zero-order valence-corrected chi connectivity index (χ0v) is 18.5. The third-order valence-electron chi connectivity index (χ3n) is 5.31. The molecule has 0 aliphatic carbocycles. The zero-order chi connectivity index (χ0) is 21.8. The monoisotopic (exact) mass is 457 g/mol. The molecule has 2 amide bonds. The SMILES string of the molecule is O=C(CCNS(=O)(=O)c1ccc2ccccc2c1)N1CCN(C(=O)c2cccs2)CC1. The second kappa shape index (κ2) is 9.17. The highest BCUT2D eigenvalue weighted by molar-refractivity contribution is 7.89. The summed E-state index contributed by atoms with van der Waals surface area (Å²) in [4.78, 5) is 29.2. The van der Waals surface area contributed by atoms with Crippen LogP contribution in [0.25, 0.3) is 10.8 Å². The molecule has 2 aromatic carbocycles. The summed E-state index contributed by atoms with van der Waals surface area (Å²) in [6.45, 7) is 1.89. The molecule has 31 heavy (non-hydrogen) atoms. The minimum atomic E-state index is -3.70. The summed E-state index contributed by atoms with van der Waals surface area (Å²) in [5.74, 6) is -0.130. The first kappa shape index (κ1) is 21.5. The van der Waals surface area contributed by atoms with Crippen molar-refractivity contribution in [3.63, 3.8) is 0 Å². The molecule has 1 fully saturated rings. The van der Waals surface area contributed by atoms with E-state index in [-0.39, 0.29) is 29.7 Å². The van der Waals surface area contributed by atoms with Gasteiger partial charge in [0, 0.05) is 39.1 Å². The number of nitrogens with zero attached hydrogens (tertiary/aromatic N) is 2. The Labute approximate surface area is 185 Å². The Bertz CT molecular complexity index is 1180. The number of hydrogen-bond acceptors (Lipinski definition) is 5. The Kier molecular flexibility index (Phi) is 6.35. The van der Waals surface area contributed by atoms with E-state index in [2.05, 4.69) is 4.72 Å². The number of hydrogen-bond donors (Lipinski definition) is 1. The molecule has 7 nitrogen and oxygen atoms in total. The molecule has 2 heterocycles. The van der Waals surface area contributed by atoms with Crippen LogP contribution in [0.15, 0.2) is 64.9 Å². The van der Waals surface area contributed by atoms with Gasteiger partial charge in [-0.15, -0.1) is 11.3 Å². The molecule has 0 unspecified atom stereocenters. The highest BCUT2D eigenvalue weighted by atomic mass is 32.2. The van der Waals surface area contributed by atoms with E-state index in [9.17, 15) is 18.0 Å². The average Bonchev–Trinajstić information content (AvgIpc) is 3.33. The van der Waals surface area contributed by atoms with E-state index >= 15 is 0 Å². The highest BCUT2D eigenvalue weighted by Crippen LogP contribution is 2.19. The van der Waals surface area contributed by atoms with Crippen molar-refractivity contribution in [3.05, 3.63) is 64.9 Å². The van der Waals surface area contributed by atoms with Gasteiger partial charge in [0.1, 0.15) is 0 Å². The molecule has 3 aromatic rings. The molecule has 0 atom stereocenters. The van der Waals surface area contributed by atoms with E-state index < -0.39 is 10.0 Å². The van der Waals surface area contributed by atoms with E-state index in [1.807, 2.05) is 35.7 Å². The van der Waals surface area contributed by atoms with Crippen molar-refractivity contribution in [3.8, 4) is 0 Å². The molecule has 1 N–H and O–H groups in total. The predicted molar refractivity (Wildman–Crippen MR) is 121 cm³/mol. The maximum atomic E-state index is 12.6. The number of nitrogens with one attached hydrogen (secondary N) is 1. The summed E-state index contributed by atoms with van der Waals surface area (Å²) in [7, 11) is -3.70. The van der Waals surface area contributed by atoms with Gasteiger partial charge in [-0.1, -0.05) is 36.4 Å². The van der Waals surface area contributed by atoms with Crippen molar-refractivity contribution in [2.24, 2.45) is 0 Å². The van der Waals surface area contributed by atoms with Crippen LogP contribution in [0.2, 0.25) is 0 Å². The number of carbonyl (C=O) groups is 2. The molecule has 1 aliphatic rings. The highest BCUT2D eigenvalue weighted by Gasteiger charge is 2.25. The van der Waals surface area contributed by atoms with Crippen molar-refractivity contribution < 1.29 is 18.0 Å². The van der Waals surface area contributed by atoms with Crippen LogP contribution in [-0.4, -0.2) is 62.8 Å². The molecule has 162 valence electrons. The zero-order valence-electron chi connectivity index (χ0n) is 16.9. The fourth-order valence-electron chi connectivity index (χ4n) is 3.58. The average molecular weight is 458 g/mol. The third-order valence-corrected chi connectivity index (χ3v) is 7.63. The van der Waals surface area contributed by atoms with Gasteiger partial charge in [0.15, 0.2) is 0 Å². The van der Waals surface area contributed by atoms with Gasteiger partial charge < -0.3 is 9.80 Å². The molecular formula is C22H23N3O4S2. The van der Waals surface area contributed by atoms with Gasteiger partial charge in [-0.3, -0.25) is 9.59 Å². The number of piperazine rings is 1. The predicted octanol–water partition coefficient (Wildman–Crippen LogP) is 2.55. The van der Waals surface area contributed by atoms with Crippen LogP contribution in [0.3, 0.4) is 0 Å². The molecule has 9 heteroatoms.